The van der Waals surface area contributed by atoms with Crippen LogP contribution in [0.3, 0.4) is 0 Å². The fourth-order valence-electron chi connectivity index (χ4n) is 2.50. The van der Waals surface area contributed by atoms with Crippen LogP contribution in [0.1, 0.15) is 71.1 Å². The second-order valence-electron chi connectivity index (χ2n) is 5.81. The van der Waals surface area contributed by atoms with Gasteiger partial charge in [0.25, 0.3) is 0 Å². The van der Waals surface area contributed by atoms with E-state index in [-0.39, 0.29) is 6.42 Å². The Labute approximate surface area is 131 Å². The van der Waals surface area contributed by atoms with Crippen molar-refractivity contribution < 1.29 is 22.7 Å². The van der Waals surface area contributed by atoms with Gasteiger partial charge in [-0.1, -0.05) is 64.7 Å². The Hall–Kier alpha value is -0.780. The van der Waals surface area contributed by atoms with E-state index in [1.807, 2.05) is 0 Å². The number of hydrogen-bond donors (Lipinski definition) is 1. The zero-order valence-corrected chi connectivity index (χ0v) is 13.8. The van der Waals surface area contributed by atoms with Crippen molar-refractivity contribution >= 4 is 5.97 Å². The lowest BCUT2D eigenvalue weighted by molar-refractivity contribution is -0.175. The number of nitrogens with two attached hydrogens (primary N) is 1. The highest BCUT2D eigenvalue weighted by Gasteiger charge is 2.45. The number of esters is 1. The summed E-state index contributed by atoms with van der Waals surface area (Å²) in [5.74, 6) is -2.17. The maximum atomic E-state index is 12.6. The lowest BCUT2D eigenvalue weighted by Crippen LogP contribution is -2.47. The molecule has 0 aliphatic carbocycles. The highest BCUT2D eigenvalue weighted by molar-refractivity contribution is 5.73. The average Bonchev–Trinajstić information content (AvgIpc) is 2.47. The van der Waals surface area contributed by atoms with Crippen LogP contribution < -0.4 is 5.73 Å². The summed E-state index contributed by atoms with van der Waals surface area (Å²) in [6.07, 6.45) is 5.15. The third kappa shape index (κ3) is 9.28. The van der Waals surface area contributed by atoms with Gasteiger partial charge in [-0.15, -0.1) is 0 Å². The fraction of sp³-hybridized carbons (Fsp3) is 0.938. The first-order valence-corrected chi connectivity index (χ1v) is 8.24. The highest BCUT2D eigenvalue weighted by atomic mass is 19.4. The van der Waals surface area contributed by atoms with Crippen molar-refractivity contribution in [3.8, 4) is 0 Å². The third-order valence-corrected chi connectivity index (χ3v) is 3.93. The lowest BCUT2D eigenvalue weighted by atomic mass is 9.93. The molecule has 0 unspecified atom stereocenters. The molecule has 0 bridgehead atoms. The molecule has 0 aliphatic heterocycles. The summed E-state index contributed by atoms with van der Waals surface area (Å²) < 4.78 is 42.4. The van der Waals surface area contributed by atoms with Crippen molar-refractivity contribution in [3.63, 3.8) is 0 Å². The summed E-state index contributed by atoms with van der Waals surface area (Å²) in [5, 5.41) is 0. The number of rotatable bonds is 12. The molecular formula is C16H30F3NO2. The molecule has 0 aliphatic rings. The number of ether oxygens (including phenoxy) is 1. The number of carbonyl (C=O) groups is 1. The molecule has 0 aromatic heterocycles. The number of hydrogen-bond acceptors (Lipinski definition) is 3. The van der Waals surface area contributed by atoms with E-state index in [0.717, 1.165) is 26.4 Å². The maximum absolute atomic E-state index is 12.6. The zero-order chi connectivity index (χ0) is 17.0. The molecule has 0 heterocycles. The Morgan fingerprint density at radius 3 is 1.86 bits per heavy atom. The Balaban J connectivity index is 3.93. The second kappa shape index (κ2) is 11.7. The van der Waals surface area contributed by atoms with Gasteiger partial charge in [0, 0.05) is 0 Å². The van der Waals surface area contributed by atoms with Crippen LogP contribution in [-0.2, 0) is 9.53 Å². The molecular weight excluding hydrogens is 295 g/mol. The first kappa shape index (κ1) is 21.2. The fourth-order valence-corrected chi connectivity index (χ4v) is 2.50. The number of methoxy groups -OCH3 is 1. The van der Waals surface area contributed by atoms with Gasteiger partial charge in [0.2, 0.25) is 0 Å². The van der Waals surface area contributed by atoms with E-state index in [1.54, 1.807) is 0 Å². The van der Waals surface area contributed by atoms with E-state index in [1.165, 1.54) is 32.1 Å². The molecule has 0 spiro atoms. The average molecular weight is 325 g/mol. The smallest absolute Gasteiger partial charge is 0.404 e. The van der Waals surface area contributed by atoms with Crippen LogP contribution in [-0.4, -0.2) is 25.3 Å². The molecule has 0 aromatic carbocycles. The quantitative estimate of drug-likeness (QED) is 0.422. The van der Waals surface area contributed by atoms with Gasteiger partial charge in [-0.3, -0.25) is 4.79 Å². The Morgan fingerprint density at radius 1 is 1.00 bits per heavy atom. The Morgan fingerprint density at radius 2 is 1.45 bits per heavy atom. The highest BCUT2D eigenvalue weighted by Crippen LogP contribution is 2.28. The monoisotopic (exact) mass is 325 g/mol. The van der Waals surface area contributed by atoms with E-state index in [2.05, 4.69) is 11.7 Å². The minimum atomic E-state index is -4.57. The molecule has 0 aromatic rings. The van der Waals surface area contributed by atoms with Crippen molar-refractivity contribution in [2.75, 3.05) is 7.11 Å². The number of halogens is 3. The summed E-state index contributed by atoms with van der Waals surface area (Å²) in [4.78, 5) is 11.5. The van der Waals surface area contributed by atoms with Gasteiger partial charge in [0.05, 0.1) is 13.0 Å². The molecule has 0 rings (SSSR count). The Bertz CT molecular complexity index is 296. The first-order valence-electron chi connectivity index (χ1n) is 8.24. The number of alkyl halides is 3. The summed E-state index contributed by atoms with van der Waals surface area (Å²) in [6, 6.07) is -2.14. The minimum Gasteiger partial charge on any atom is -0.469 e. The Kier molecular flexibility index (Phi) is 11.3. The summed E-state index contributed by atoms with van der Waals surface area (Å²) in [7, 11) is 1.09. The molecule has 0 saturated heterocycles. The molecule has 2 atom stereocenters. The maximum Gasteiger partial charge on any atom is 0.404 e. The van der Waals surface area contributed by atoms with E-state index in [0.29, 0.717) is 6.42 Å². The zero-order valence-electron chi connectivity index (χ0n) is 13.8. The van der Waals surface area contributed by atoms with Crippen molar-refractivity contribution in [1.82, 2.24) is 0 Å². The van der Waals surface area contributed by atoms with Crippen molar-refractivity contribution in [1.29, 1.82) is 0 Å². The molecule has 2 N–H and O–H groups in total. The van der Waals surface area contributed by atoms with Gasteiger partial charge >= 0.3 is 12.1 Å². The summed E-state index contributed by atoms with van der Waals surface area (Å²) in [6.45, 7) is 2.17. The van der Waals surface area contributed by atoms with Gasteiger partial charge in [0.1, 0.15) is 6.04 Å². The molecule has 132 valence electrons. The van der Waals surface area contributed by atoms with Crippen LogP contribution in [0.2, 0.25) is 0 Å². The van der Waals surface area contributed by atoms with E-state index in [9.17, 15) is 18.0 Å². The van der Waals surface area contributed by atoms with Gasteiger partial charge in [-0.25, -0.2) is 0 Å². The number of unbranched alkanes of at least 4 members (excludes halogenated alkanes) is 8. The van der Waals surface area contributed by atoms with Crippen LogP contribution in [0.15, 0.2) is 0 Å². The summed E-state index contributed by atoms with van der Waals surface area (Å²) >= 11 is 0. The van der Waals surface area contributed by atoms with Crippen molar-refractivity contribution in [3.05, 3.63) is 0 Å². The molecule has 0 amide bonds. The minimum absolute atomic E-state index is 0.128. The van der Waals surface area contributed by atoms with E-state index in [4.69, 9.17) is 5.73 Å². The molecule has 22 heavy (non-hydrogen) atoms. The molecule has 6 heteroatoms. The normalized spacial score (nSPS) is 14.6. The van der Waals surface area contributed by atoms with Crippen molar-refractivity contribution in [2.24, 2.45) is 11.7 Å². The topological polar surface area (TPSA) is 52.3 Å². The lowest BCUT2D eigenvalue weighted by Gasteiger charge is -2.23. The van der Waals surface area contributed by atoms with Crippen LogP contribution >= 0.6 is 0 Å². The third-order valence-electron chi connectivity index (χ3n) is 3.93. The van der Waals surface area contributed by atoms with Crippen LogP contribution in [0.5, 0.6) is 0 Å². The van der Waals surface area contributed by atoms with E-state index >= 15 is 0 Å². The largest absolute Gasteiger partial charge is 0.469 e. The standard InChI is InChI=1S/C16H30F3NO2/c1-3-4-5-6-7-8-9-10-11-12-13(15(21)22-2)14(20)16(17,18)19/h13-14H,3-12,20H2,1-2H3/t13-,14-/m1/s1. The van der Waals surface area contributed by atoms with Crippen LogP contribution in [0.25, 0.3) is 0 Å². The predicted molar refractivity (Wildman–Crippen MR) is 81.4 cm³/mol. The molecule has 3 nitrogen and oxygen atoms in total. The second-order valence-corrected chi connectivity index (χ2v) is 5.81. The van der Waals surface area contributed by atoms with Crippen molar-refractivity contribution in [2.45, 2.75) is 83.4 Å². The van der Waals surface area contributed by atoms with E-state index < -0.39 is 24.1 Å². The predicted octanol–water partition coefficient (Wildman–Crippen LogP) is 4.59. The van der Waals surface area contributed by atoms with Gasteiger partial charge in [-0.2, -0.15) is 13.2 Å². The van der Waals surface area contributed by atoms with Crippen LogP contribution in [0, 0.1) is 5.92 Å². The molecule has 0 fully saturated rings. The SMILES string of the molecule is CCCCCCCCCCC[C@@H](C(=O)OC)[C@@H](N)C(F)(F)F. The van der Waals surface area contributed by atoms with Crippen LogP contribution in [0.4, 0.5) is 13.2 Å². The summed E-state index contributed by atoms with van der Waals surface area (Å²) in [5.41, 5.74) is 5.15. The first-order chi connectivity index (χ1) is 10.3. The molecule has 0 radical (unpaired) electrons. The van der Waals surface area contributed by atoms with Gasteiger partial charge in [0.15, 0.2) is 0 Å². The van der Waals surface area contributed by atoms with Gasteiger partial charge < -0.3 is 10.5 Å². The molecule has 0 saturated carbocycles. The number of carbonyl (C=O) groups excluding carboxylic acids is 1. The van der Waals surface area contributed by atoms with Gasteiger partial charge in [-0.05, 0) is 6.42 Å².